The molecule has 0 fully saturated rings. The van der Waals surface area contributed by atoms with Crippen LogP contribution in [0.4, 0.5) is 0 Å². The molecule has 2 heterocycles. The molecule has 278 valence electrons. The first-order valence-corrected chi connectivity index (χ1v) is 20.5. The van der Waals surface area contributed by atoms with E-state index in [1.807, 2.05) is 36.9 Å². The highest BCUT2D eigenvalue weighted by Crippen LogP contribution is 2.49. The average molecular weight is 761 g/mol. The standard InChI is InChI=1S/C58H36N2/c1-3-9-43-31-45(23-17-37(43)7-1)55-33-53(41-19-13-39(14-20-41)47-11-5-29-59-35-47)49-26-28-52-56(46-24-18-38-8-2-4-10-44(38)32-46)34-54(50-25-27-51(55)57(49)58(50)52)42-21-15-40(16-22-42)48-12-6-30-60-36-48/h1-36H. The van der Waals surface area contributed by atoms with Gasteiger partial charge in [0, 0.05) is 24.8 Å². The molecule has 0 spiro atoms. The SMILES string of the molecule is c1cncc(-c2ccc(-c3cc(-c4ccc5ccccc5c4)c4ccc5c(-c6ccc(-c7cccnc7)cc6)cc(-c6ccc7ccccc7c6)c6ccc3c4c56)cc2)c1. The summed E-state index contributed by atoms with van der Waals surface area (Å²) in [5.74, 6) is 0. The minimum absolute atomic E-state index is 1.11. The number of hydrogen-bond donors (Lipinski definition) is 0. The van der Waals surface area contributed by atoms with Crippen molar-refractivity contribution >= 4 is 53.9 Å². The van der Waals surface area contributed by atoms with Crippen molar-refractivity contribution in [3.05, 3.63) is 219 Å². The number of pyridine rings is 2. The quantitative estimate of drug-likeness (QED) is 0.158. The smallest absolute Gasteiger partial charge is 0.0346 e. The first-order valence-electron chi connectivity index (χ1n) is 20.5. The van der Waals surface area contributed by atoms with E-state index in [1.54, 1.807) is 0 Å². The lowest BCUT2D eigenvalue weighted by Gasteiger charge is -2.22. The molecule has 12 rings (SSSR count). The van der Waals surface area contributed by atoms with Crippen molar-refractivity contribution in [3.8, 4) is 66.8 Å². The molecule has 0 amide bonds. The van der Waals surface area contributed by atoms with Crippen LogP contribution in [0.2, 0.25) is 0 Å². The van der Waals surface area contributed by atoms with Crippen molar-refractivity contribution in [1.82, 2.24) is 9.97 Å². The maximum absolute atomic E-state index is 4.38. The Labute approximate surface area is 348 Å². The van der Waals surface area contributed by atoms with Gasteiger partial charge in [-0.25, -0.2) is 0 Å². The Balaban J connectivity index is 1.16. The molecule has 60 heavy (non-hydrogen) atoms. The first-order chi connectivity index (χ1) is 29.7. The van der Waals surface area contributed by atoms with Crippen LogP contribution in [0.3, 0.4) is 0 Å². The van der Waals surface area contributed by atoms with E-state index in [2.05, 4.69) is 192 Å². The Kier molecular flexibility index (Phi) is 7.89. The molecule has 0 aliphatic heterocycles. The van der Waals surface area contributed by atoms with E-state index >= 15 is 0 Å². The second-order valence-electron chi connectivity index (χ2n) is 15.8. The molecule has 0 unspecified atom stereocenters. The van der Waals surface area contributed by atoms with Crippen LogP contribution in [-0.4, -0.2) is 9.97 Å². The molecule has 0 saturated heterocycles. The molecular weight excluding hydrogens is 725 g/mol. The highest BCUT2D eigenvalue weighted by Gasteiger charge is 2.21. The zero-order valence-corrected chi connectivity index (χ0v) is 32.7. The Morgan fingerprint density at radius 3 is 0.967 bits per heavy atom. The van der Waals surface area contributed by atoms with E-state index in [1.165, 1.54) is 98.4 Å². The maximum atomic E-state index is 4.38. The van der Waals surface area contributed by atoms with Crippen LogP contribution in [0.1, 0.15) is 0 Å². The molecule has 12 aromatic rings. The fourth-order valence-electron chi connectivity index (χ4n) is 9.41. The molecule has 0 aliphatic carbocycles. The van der Waals surface area contributed by atoms with E-state index in [4.69, 9.17) is 0 Å². The zero-order valence-electron chi connectivity index (χ0n) is 32.7. The van der Waals surface area contributed by atoms with Crippen LogP contribution in [0, 0.1) is 0 Å². The van der Waals surface area contributed by atoms with Gasteiger partial charge < -0.3 is 0 Å². The molecule has 0 radical (unpaired) electrons. The first kappa shape index (κ1) is 34.1. The molecule has 0 N–H and O–H groups in total. The van der Waals surface area contributed by atoms with Crippen molar-refractivity contribution in [2.45, 2.75) is 0 Å². The van der Waals surface area contributed by atoms with Gasteiger partial charge in [-0.1, -0.05) is 158 Å². The maximum Gasteiger partial charge on any atom is 0.0346 e. The summed E-state index contributed by atoms with van der Waals surface area (Å²) in [5.41, 5.74) is 14.2. The molecule has 2 aromatic heterocycles. The monoisotopic (exact) mass is 760 g/mol. The summed E-state index contributed by atoms with van der Waals surface area (Å²) in [6, 6.07) is 71.7. The fraction of sp³-hybridized carbons (Fsp3) is 0. The van der Waals surface area contributed by atoms with Gasteiger partial charge in [-0.15, -0.1) is 0 Å². The highest BCUT2D eigenvalue weighted by atomic mass is 14.6. The number of rotatable bonds is 6. The van der Waals surface area contributed by atoms with Crippen LogP contribution < -0.4 is 0 Å². The second kappa shape index (κ2) is 13.9. The van der Waals surface area contributed by atoms with Crippen molar-refractivity contribution in [1.29, 1.82) is 0 Å². The van der Waals surface area contributed by atoms with E-state index in [9.17, 15) is 0 Å². The molecular formula is C58H36N2. The van der Waals surface area contributed by atoms with Crippen LogP contribution in [0.25, 0.3) is 121 Å². The summed E-state index contributed by atoms with van der Waals surface area (Å²) in [4.78, 5) is 8.77. The summed E-state index contributed by atoms with van der Waals surface area (Å²) >= 11 is 0. The predicted molar refractivity (Wildman–Crippen MR) is 253 cm³/mol. The van der Waals surface area contributed by atoms with Crippen molar-refractivity contribution in [2.75, 3.05) is 0 Å². The predicted octanol–water partition coefficient (Wildman–Crippen LogP) is 15.7. The van der Waals surface area contributed by atoms with Gasteiger partial charge in [0.15, 0.2) is 0 Å². The third kappa shape index (κ3) is 5.65. The molecule has 2 nitrogen and oxygen atoms in total. The van der Waals surface area contributed by atoms with Crippen LogP contribution in [0.15, 0.2) is 219 Å². The largest absolute Gasteiger partial charge is 0.264 e. The van der Waals surface area contributed by atoms with Crippen LogP contribution in [-0.2, 0) is 0 Å². The van der Waals surface area contributed by atoms with Gasteiger partial charge in [0.25, 0.3) is 0 Å². The lowest BCUT2D eigenvalue weighted by Crippen LogP contribution is -1.94. The molecule has 0 saturated carbocycles. The Hall–Kier alpha value is -7.94. The van der Waals surface area contributed by atoms with Crippen molar-refractivity contribution in [2.24, 2.45) is 0 Å². The Morgan fingerprint density at radius 2 is 0.583 bits per heavy atom. The minimum atomic E-state index is 1.11. The molecule has 0 atom stereocenters. The van der Waals surface area contributed by atoms with Gasteiger partial charge in [-0.3, -0.25) is 9.97 Å². The number of nitrogens with zero attached hydrogens (tertiary/aromatic N) is 2. The minimum Gasteiger partial charge on any atom is -0.264 e. The third-order valence-corrected chi connectivity index (χ3v) is 12.4. The summed E-state index contributed by atoms with van der Waals surface area (Å²) in [7, 11) is 0. The molecule has 10 aromatic carbocycles. The number of benzene rings is 10. The Morgan fingerprint density at radius 1 is 0.233 bits per heavy atom. The van der Waals surface area contributed by atoms with E-state index in [0.717, 1.165) is 22.3 Å². The van der Waals surface area contributed by atoms with Gasteiger partial charge in [-0.05, 0) is 157 Å². The molecule has 0 bridgehead atoms. The normalized spacial score (nSPS) is 11.7. The summed E-state index contributed by atoms with van der Waals surface area (Å²) in [5, 5.41) is 12.5. The van der Waals surface area contributed by atoms with Gasteiger partial charge >= 0.3 is 0 Å². The Bertz CT molecular complexity index is 3310. The van der Waals surface area contributed by atoms with Crippen LogP contribution in [0.5, 0.6) is 0 Å². The van der Waals surface area contributed by atoms with Gasteiger partial charge in [-0.2, -0.15) is 0 Å². The summed E-state index contributed by atoms with van der Waals surface area (Å²) < 4.78 is 0. The lowest BCUT2D eigenvalue weighted by molar-refractivity contribution is 1.33. The topological polar surface area (TPSA) is 25.8 Å². The summed E-state index contributed by atoms with van der Waals surface area (Å²) in [6.07, 6.45) is 7.51. The van der Waals surface area contributed by atoms with Crippen LogP contribution >= 0.6 is 0 Å². The van der Waals surface area contributed by atoms with Crippen molar-refractivity contribution < 1.29 is 0 Å². The molecule has 2 heteroatoms. The third-order valence-electron chi connectivity index (χ3n) is 12.4. The highest BCUT2D eigenvalue weighted by molar-refractivity contribution is 6.32. The van der Waals surface area contributed by atoms with Gasteiger partial charge in [0.2, 0.25) is 0 Å². The van der Waals surface area contributed by atoms with E-state index in [0.29, 0.717) is 0 Å². The van der Waals surface area contributed by atoms with Crippen molar-refractivity contribution in [3.63, 3.8) is 0 Å². The van der Waals surface area contributed by atoms with Gasteiger partial charge in [0.1, 0.15) is 0 Å². The number of aromatic nitrogens is 2. The van der Waals surface area contributed by atoms with E-state index in [-0.39, 0.29) is 0 Å². The lowest BCUT2D eigenvalue weighted by atomic mass is 9.81. The van der Waals surface area contributed by atoms with Gasteiger partial charge in [0.05, 0.1) is 0 Å². The zero-order chi connectivity index (χ0) is 39.6. The summed E-state index contributed by atoms with van der Waals surface area (Å²) in [6.45, 7) is 0. The molecule has 0 aliphatic rings. The number of fused-ring (bicyclic) bond motifs is 2. The second-order valence-corrected chi connectivity index (χ2v) is 15.8. The van der Waals surface area contributed by atoms with E-state index < -0.39 is 0 Å². The number of hydrogen-bond acceptors (Lipinski definition) is 2. The fourth-order valence-corrected chi connectivity index (χ4v) is 9.41. The average Bonchev–Trinajstić information content (AvgIpc) is 3.33.